The van der Waals surface area contributed by atoms with E-state index >= 15 is 0 Å². The Hall–Kier alpha value is -7.95. The lowest BCUT2D eigenvalue weighted by molar-refractivity contribution is 0.660. The van der Waals surface area contributed by atoms with E-state index in [4.69, 9.17) is 4.42 Å². The van der Waals surface area contributed by atoms with Gasteiger partial charge in [0, 0.05) is 32.9 Å². The number of benzene rings is 9. The van der Waals surface area contributed by atoms with Crippen molar-refractivity contribution < 1.29 is 4.42 Å². The first-order valence-electron chi connectivity index (χ1n) is 20.0. The Kier molecular flexibility index (Phi) is 7.35. The van der Waals surface area contributed by atoms with Gasteiger partial charge >= 0.3 is 0 Å². The van der Waals surface area contributed by atoms with Crippen molar-refractivity contribution in [1.29, 1.82) is 0 Å². The van der Waals surface area contributed by atoms with E-state index in [0.29, 0.717) is 21.9 Å². The average molecular weight is 755 g/mol. The second kappa shape index (κ2) is 13.1. The summed E-state index contributed by atoms with van der Waals surface area (Å²) in [6.45, 7) is 0. The van der Waals surface area contributed by atoms with Crippen LogP contribution in [-0.4, -0.2) is 9.13 Å². The second-order valence-electron chi connectivity index (χ2n) is 15.3. The molecule has 0 aliphatic rings. The highest BCUT2D eigenvalue weighted by molar-refractivity contribution is 6.13. The van der Waals surface area contributed by atoms with Crippen molar-refractivity contribution in [3.8, 4) is 44.8 Å². The Morgan fingerprint density at radius 1 is 0.288 bits per heavy atom. The first-order chi connectivity index (χ1) is 29.2. The molecule has 0 fully saturated rings. The summed E-state index contributed by atoms with van der Waals surface area (Å²) in [5.41, 5.74) is 14.8. The Morgan fingerprint density at radius 2 is 0.712 bits per heavy atom. The molecule has 0 bridgehead atoms. The molecule has 0 atom stereocenters. The van der Waals surface area contributed by atoms with E-state index in [9.17, 15) is 4.79 Å². The Labute approximate surface area is 339 Å². The molecule has 0 N–H and O–H groups in total. The number of rotatable bonds is 5. The van der Waals surface area contributed by atoms with Crippen LogP contribution in [0.4, 0.5) is 0 Å². The summed E-state index contributed by atoms with van der Waals surface area (Å²) in [7, 11) is 0. The molecule has 0 amide bonds. The van der Waals surface area contributed by atoms with Crippen molar-refractivity contribution >= 4 is 65.6 Å². The van der Waals surface area contributed by atoms with Gasteiger partial charge in [-0.15, -0.1) is 0 Å². The number of hydrogen-bond donors (Lipinski definition) is 0. The summed E-state index contributed by atoms with van der Waals surface area (Å²) in [5.74, 6) is 0. The smallest absolute Gasteiger partial charge is 0.200 e. The number of hydrogen-bond acceptors (Lipinski definition) is 2. The molecule has 3 aromatic heterocycles. The molecule has 0 aliphatic carbocycles. The molecule has 0 spiro atoms. The topological polar surface area (TPSA) is 40.1 Å². The standard InChI is InChI=1S/C55H34N2O2/c58-55-44-19-8-10-21-53(44)59-54-34-40(22-26-45(54)55)36-13-11-12-35(30-36)37-23-28-51-47(32-37)48-33-39(25-29-52(48)57(51)42-16-5-2-6-17-42)38-24-27-50-46(31-38)43-18-7-9-20-49(43)56(50)41-14-3-1-4-15-41/h1-34H. The SMILES string of the molecule is O=c1c2ccccc2oc2cc(-c3cccc(-c4ccc5c(c4)c4cc(-c6ccc7c(c6)c6ccccc6n7-c6ccccc6)ccc4n5-c4ccccc4)c3)ccc12. The van der Waals surface area contributed by atoms with Crippen LogP contribution in [-0.2, 0) is 0 Å². The van der Waals surface area contributed by atoms with Gasteiger partial charge in [-0.1, -0.05) is 109 Å². The maximum Gasteiger partial charge on any atom is 0.200 e. The molecule has 12 aromatic rings. The van der Waals surface area contributed by atoms with Crippen LogP contribution < -0.4 is 5.43 Å². The fourth-order valence-electron chi connectivity index (χ4n) is 9.10. The number of fused-ring (bicyclic) bond motifs is 8. The number of para-hydroxylation sites is 4. The van der Waals surface area contributed by atoms with Crippen LogP contribution in [0.25, 0.3) is 110 Å². The molecule has 0 unspecified atom stereocenters. The summed E-state index contributed by atoms with van der Waals surface area (Å²) in [6, 6.07) is 72.4. The molecule has 59 heavy (non-hydrogen) atoms. The van der Waals surface area contributed by atoms with Crippen LogP contribution in [0.3, 0.4) is 0 Å². The van der Waals surface area contributed by atoms with Crippen molar-refractivity contribution in [2.24, 2.45) is 0 Å². The molecule has 9 aromatic carbocycles. The van der Waals surface area contributed by atoms with Crippen molar-refractivity contribution in [3.63, 3.8) is 0 Å². The second-order valence-corrected chi connectivity index (χ2v) is 15.3. The third-order valence-corrected chi connectivity index (χ3v) is 11.9. The summed E-state index contributed by atoms with van der Waals surface area (Å²) in [5, 5.41) is 6.04. The summed E-state index contributed by atoms with van der Waals surface area (Å²) >= 11 is 0. The van der Waals surface area contributed by atoms with Crippen LogP contribution in [0.5, 0.6) is 0 Å². The molecule has 4 nitrogen and oxygen atoms in total. The van der Waals surface area contributed by atoms with Gasteiger partial charge < -0.3 is 13.6 Å². The van der Waals surface area contributed by atoms with E-state index < -0.39 is 0 Å². The summed E-state index contributed by atoms with van der Waals surface area (Å²) in [4.78, 5) is 13.3. The van der Waals surface area contributed by atoms with Gasteiger partial charge in [0.15, 0.2) is 0 Å². The van der Waals surface area contributed by atoms with Crippen LogP contribution in [0.15, 0.2) is 215 Å². The number of aromatic nitrogens is 2. The van der Waals surface area contributed by atoms with Gasteiger partial charge in [-0.05, 0) is 130 Å². The number of nitrogens with zero attached hydrogens (tertiary/aromatic N) is 2. The highest BCUT2D eigenvalue weighted by Crippen LogP contribution is 2.40. The van der Waals surface area contributed by atoms with Crippen LogP contribution in [0.2, 0.25) is 0 Å². The Balaban J connectivity index is 1.00. The van der Waals surface area contributed by atoms with Crippen LogP contribution >= 0.6 is 0 Å². The summed E-state index contributed by atoms with van der Waals surface area (Å²) < 4.78 is 11.0. The van der Waals surface area contributed by atoms with Crippen molar-refractivity contribution in [2.45, 2.75) is 0 Å². The largest absolute Gasteiger partial charge is 0.456 e. The van der Waals surface area contributed by atoms with Gasteiger partial charge in [0.2, 0.25) is 5.43 Å². The van der Waals surface area contributed by atoms with E-state index in [1.165, 1.54) is 43.7 Å². The zero-order chi connectivity index (χ0) is 39.0. The molecule has 0 radical (unpaired) electrons. The lowest BCUT2D eigenvalue weighted by Gasteiger charge is -2.10. The lowest BCUT2D eigenvalue weighted by atomic mass is 9.96. The van der Waals surface area contributed by atoms with Crippen LogP contribution in [0, 0.1) is 0 Å². The maximum absolute atomic E-state index is 13.3. The Bertz CT molecular complexity index is 3690. The van der Waals surface area contributed by atoms with E-state index in [1.54, 1.807) is 0 Å². The maximum atomic E-state index is 13.3. The van der Waals surface area contributed by atoms with Crippen molar-refractivity contribution in [2.75, 3.05) is 0 Å². The normalized spacial score (nSPS) is 11.8. The molecular formula is C55H34N2O2. The van der Waals surface area contributed by atoms with E-state index in [0.717, 1.165) is 44.7 Å². The zero-order valence-corrected chi connectivity index (χ0v) is 31.8. The average Bonchev–Trinajstić information content (AvgIpc) is 3.81. The fraction of sp³-hybridized carbons (Fsp3) is 0. The monoisotopic (exact) mass is 754 g/mol. The zero-order valence-electron chi connectivity index (χ0n) is 31.8. The first-order valence-corrected chi connectivity index (χ1v) is 20.0. The van der Waals surface area contributed by atoms with Crippen molar-refractivity contribution in [1.82, 2.24) is 9.13 Å². The third-order valence-electron chi connectivity index (χ3n) is 11.9. The molecule has 3 heterocycles. The highest BCUT2D eigenvalue weighted by atomic mass is 16.3. The van der Waals surface area contributed by atoms with Gasteiger partial charge in [-0.25, -0.2) is 0 Å². The lowest BCUT2D eigenvalue weighted by Crippen LogP contribution is -2.01. The molecule has 12 rings (SSSR count). The van der Waals surface area contributed by atoms with Crippen LogP contribution in [0.1, 0.15) is 0 Å². The van der Waals surface area contributed by atoms with Gasteiger partial charge in [0.1, 0.15) is 11.2 Å². The van der Waals surface area contributed by atoms with Gasteiger partial charge in [0.25, 0.3) is 0 Å². The molecule has 0 saturated carbocycles. The molecule has 0 saturated heterocycles. The van der Waals surface area contributed by atoms with Gasteiger partial charge in [0.05, 0.1) is 32.8 Å². The molecule has 0 aliphatic heterocycles. The molecule has 4 heteroatoms. The first kappa shape index (κ1) is 33.2. The summed E-state index contributed by atoms with van der Waals surface area (Å²) in [6.07, 6.45) is 0. The molecule has 276 valence electrons. The minimum Gasteiger partial charge on any atom is -0.456 e. The fourth-order valence-corrected chi connectivity index (χ4v) is 9.10. The minimum atomic E-state index is -0.00973. The van der Waals surface area contributed by atoms with Gasteiger partial charge in [-0.2, -0.15) is 0 Å². The highest BCUT2D eigenvalue weighted by Gasteiger charge is 2.17. The van der Waals surface area contributed by atoms with E-state index in [1.807, 2.05) is 42.5 Å². The van der Waals surface area contributed by atoms with Crippen molar-refractivity contribution in [3.05, 3.63) is 216 Å². The predicted molar refractivity (Wildman–Crippen MR) is 245 cm³/mol. The van der Waals surface area contributed by atoms with E-state index in [2.05, 4.69) is 173 Å². The Morgan fingerprint density at radius 3 is 1.31 bits per heavy atom. The van der Waals surface area contributed by atoms with E-state index in [-0.39, 0.29) is 5.43 Å². The van der Waals surface area contributed by atoms with Gasteiger partial charge in [-0.3, -0.25) is 4.79 Å². The minimum absolute atomic E-state index is 0.00973. The predicted octanol–water partition coefficient (Wildman–Crippen LogP) is 14.1. The molecular weight excluding hydrogens is 721 g/mol. The quantitative estimate of drug-likeness (QED) is 0.164. The third kappa shape index (κ3) is 5.27.